The van der Waals surface area contributed by atoms with E-state index in [4.69, 9.17) is 11.6 Å². The minimum absolute atomic E-state index is 0.0293. The Morgan fingerprint density at radius 1 is 0.912 bits per heavy atom. The van der Waals surface area contributed by atoms with Gasteiger partial charge in [-0.25, -0.2) is 8.42 Å². The summed E-state index contributed by atoms with van der Waals surface area (Å²) >= 11 is 6.03. The molecule has 0 atom stereocenters. The van der Waals surface area contributed by atoms with E-state index in [1.165, 1.54) is 12.1 Å². The second-order valence-corrected chi connectivity index (χ2v) is 10.1. The van der Waals surface area contributed by atoms with Crippen LogP contribution in [0.5, 0.6) is 0 Å². The van der Waals surface area contributed by atoms with Gasteiger partial charge in [-0.1, -0.05) is 78.3 Å². The molecule has 0 aliphatic carbocycles. The van der Waals surface area contributed by atoms with E-state index in [0.29, 0.717) is 27.0 Å². The predicted octanol–water partition coefficient (Wildman–Crippen LogP) is 5.56. The lowest BCUT2D eigenvalue weighted by Crippen LogP contribution is -2.39. The van der Waals surface area contributed by atoms with Crippen molar-refractivity contribution in [2.45, 2.75) is 11.4 Å². The summed E-state index contributed by atoms with van der Waals surface area (Å²) in [5.74, 6) is -1.18. The first-order valence-electron chi connectivity index (χ1n) is 10.5. The SMILES string of the molecule is O=C(Nc1cccc(Cl)c1)C1=C(O)c2ccc3ccccc3c2S(=O)(=O)N1Cc1ccccc1. The van der Waals surface area contributed by atoms with E-state index in [1.807, 2.05) is 12.1 Å². The van der Waals surface area contributed by atoms with Gasteiger partial charge < -0.3 is 10.4 Å². The monoisotopic (exact) mass is 490 g/mol. The van der Waals surface area contributed by atoms with E-state index in [0.717, 1.165) is 4.31 Å². The number of hydrogen-bond donors (Lipinski definition) is 2. The van der Waals surface area contributed by atoms with Crippen molar-refractivity contribution in [3.05, 3.63) is 113 Å². The number of sulfonamides is 1. The van der Waals surface area contributed by atoms with Crippen molar-refractivity contribution in [1.82, 2.24) is 4.31 Å². The highest BCUT2D eigenvalue weighted by atomic mass is 35.5. The molecule has 8 heteroatoms. The Hall–Kier alpha value is -3.81. The van der Waals surface area contributed by atoms with E-state index in [-0.39, 0.29) is 22.7 Å². The van der Waals surface area contributed by atoms with Gasteiger partial charge in [0.1, 0.15) is 4.90 Å². The molecule has 1 aliphatic heterocycles. The van der Waals surface area contributed by atoms with Gasteiger partial charge in [0.2, 0.25) is 0 Å². The van der Waals surface area contributed by atoms with Gasteiger partial charge >= 0.3 is 0 Å². The van der Waals surface area contributed by atoms with Crippen LogP contribution in [0.15, 0.2) is 102 Å². The van der Waals surface area contributed by atoms with Crippen LogP contribution in [0.1, 0.15) is 11.1 Å². The quantitative estimate of drug-likeness (QED) is 0.392. The van der Waals surface area contributed by atoms with Crippen molar-refractivity contribution in [2.24, 2.45) is 0 Å². The van der Waals surface area contributed by atoms with Crippen molar-refractivity contribution in [3.63, 3.8) is 0 Å². The molecule has 0 fully saturated rings. The molecule has 2 N–H and O–H groups in total. The highest BCUT2D eigenvalue weighted by Gasteiger charge is 2.41. The number of aliphatic hydroxyl groups excluding tert-OH is 1. The maximum Gasteiger partial charge on any atom is 0.276 e. The van der Waals surface area contributed by atoms with Gasteiger partial charge in [0.15, 0.2) is 11.5 Å². The lowest BCUT2D eigenvalue weighted by molar-refractivity contribution is -0.113. The zero-order chi connectivity index (χ0) is 23.9. The Labute approximate surface area is 201 Å². The maximum absolute atomic E-state index is 14.0. The summed E-state index contributed by atoms with van der Waals surface area (Å²) in [6, 6.07) is 25.7. The van der Waals surface area contributed by atoms with Gasteiger partial charge in [0.05, 0.1) is 6.54 Å². The summed E-state index contributed by atoms with van der Waals surface area (Å²) in [5.41, 5.74) is 0.764. The molecule has 0 saturated carbocycles. The van der Waals surface area contributed by atoms with Crippen LogP contribution in [0.3, 0.4) is 0 Å². The molecule has 1 amide bonds. The molecule has 0 radical (unpaired) electrons. The van der Waals surface area contributed by atoms with Gasteiger partial charge in [-0.3, -0.25) is 9.10 Å². The first-order chi connectivity index (χ1) is 16.4. The number of rotatable bonds is 4. The summed E-state index contributed by atoms with van der Waals surface area (Å²) in [4.78, 5) is 13.3. The molecule has 34 heavy (non-hydrogen) atoms. The molecule has 0 aromatic heterocycles. The fourth-order valence-electron chi connectivity index (χ4n) is 4.07. The molecule has 170 valence electrons. The Kier molecular flexibility index (Phi) is 5.51. The van der Waals surface area contributed by atoms with E-state index >= 15 is 0 Å². The summed E-state index contributed by atoms with van der Waals surface area (Å²) in [7, 11) is -4.21. The third-order valence-corrected chi connectivity index (χ3v) is 7.71. The second-order valence-electron chi connectivity index (χ2n) is 7.82. The summed E-state index contributed by atoms with van der Waals surface area (Å²) in [6.07, 6.45) is 0. The van der Waals surface area contributed by atoms with Gasteiger partial charge in [-0.2, -0.15) is 0 Å². The maximum atomic E-state index is 14.0. The van der Waals surface area contributed by atoms with Crippen molar-refractivity contribution in [2.75, 3.05) is 5.32 Å². The van der Waals surface area contributed by atoms with E-state index in [2.05, 4.69) is 5.32 Å². The number of anilines is 1. The van der Waals surface area contributed by atoms with Crippen LogP contribution in [0.4, 0.5) is 5.69 Å². The summed E-state index contributed by atoms with van der Waals surface area (Å²) in [5, 5.41) is 15.5. The first kappa shape index (κ1) is 22.0. The number of aliphatic hydroxyl groups is 1. The molecule has 1 heterocycles. The molecular weight excluding hydrogens is 472 g/mol. The average molecular weight is 491 g/mol. The van der Waals surface area contributed by atoms with Crippen molar-refractivity contribution < 1.29 is 18.3 Å². The van der Waals surface area contributed by atoms with Crippen molar-refractivity contribution in [3.8, 4) is 0 Å². The number of hydrogen-bond acceptors (Lipinski definition) is 4. The third kappa shape index (κ3) is 3.79. The number of carbonyl (C=O) groups is 1. The standard InChI is InChI=1S/C26H19ClN2O4S/c27-19-10-6-11-20(15-19)28-26(31)23-24(30)22-14-13-18-9-4-5-12-21(18)25(22)34(32,33)29(23)16-17-7-2-1-3-8-17/h1-15,30H,16H2,(H,28,31). The number of nitrogens with zero attached hydrogens (tertiary/aromatic N) is 1. The van der Waals surface area contributed by atoms with Gasteiger partial charge in [-0.05, 0) is 35.2 Å². The molecule has 6 nitrogen and oxygen atoms in total. The number of carbonyl (C=O) groups excluding carboxylic acids is 1. The highest BCUT2D eigenvalue weighted by molar-refractivity contribution is 7.89. The minimum atomic E-state index is -4.21. The fraction of sp³-hybridized carbons (Fsp3) is 0.0385. The Balaban J connectivity index is 1.71. The second kappa shape index (κ2) is 8.52. The molecule has 0 bridgehead atoms. The van der Waals surface area contributed by atoms with Crippen LogP contribution in [-0.4, -0.2) is 23.7 Å². The minimum Gasteiger partial charge on any atom is -0.505 e. The zero-order valence-electron chi connectivity index (χ0n) is 17.8. The number of nitrogens with one attached hydrogen (secondary N) is 1. The molecule has 4 aromatic carbocycles. The topological polar surface area (TPSA) is 86.7 Å². The van der Waals surface area contributed by atoms with Crippen LogP contribution in [0.25, 0.3) is 16.5 Å². The van der Waals surface area contributed by atoms with Crippen LogP contribution < -0.4 is 5.32 Å². The fourth-order valence-corrected chi connectivity index (χ4v) is 6.12. The molecule has 0 unspecified atom stereocenters. The van der Waals surface area contributed by atoms with Gasteiger partial charge in [0, 0.05) is 21.7 Å². The van der Waals surface area contributed by atoms with E-state index < -0.39 is 21.7 Å². The molecular formula is C26H19ClN2O4S. The molecule has 1 aliphatic rings. The molecule has 0 saturated heterocycles. The first-order valence-corrected chi connectivity index (χ1v) is 12.3. The highest BCUT2D eigenvalue weighted by Crippen LogP contribution is 2.40. The third-order valence-electron chi connectivity index (χ3n) is 5.62. The van der Waals surface area contributed by atoms with Crippen molar-refractivity contribution >= 4 is 49.8 Å². The molecule has 0 spiro atoms. The number of halogens is 1. The van der Waals surface area contributed by atoms with Crippen LogP contribution >= 0.6 is 11.6 Å². The summed E-state index contributed by atoms with van der Waals surface area (Å²) in [6.45, 7) is -0.131. The Bertz CT molecular complexity index is 1570. The molecule has 5 rings (SSSR count). The predicted molar refractivity (Wildman–Crippen MR) is 133 cm³/mol. The van der Waals surface area contributed by atoms with Crippen molar-refractivity contribution in [1.29, 1.82) is 0 Å². The molecule has 4 aromatic rings. The Morgan fingerprint density at radius 2 is 1.65 bits per heavy atom. The van der Waals surface area contributed by atoms with Crippen LogP contribution in [0.2, 0.25) is 5.02 Å². The van der Waals surface area contributed by atoms with E-state index in [1.54, 1.807) is 66.7 Å². The average Bonchev–Trinajstić information content (AvgIpc) is 2.82. The lowest BCUT2D eigenvalue weighted by atomic mass is 10.0. The van der Waals surface area contributed by atoms with Crippen LogP contribution in [-0.2, 0) is 21.4 Å². The Morgan fingerprint density at radius 3 is 2.41 bits per heavy atom. The smallest absolute Gasteiger partial charge is 0.276 e. The van der Waals surface area contributed by atoms with Crippen LogP contribution in [0, 0.1) is 0 Å². The zero-order valence-corrected chi connectivity index (χ0v) is 19.3. The largest absolute Gasteiger partial charge is 0.505 e. The summed E-state index contributed by atoms with van der Waals surface area (Å²) < 4.78 is 28.9. The van der Waals surface area contributed by atoms with E-state index in [9.17, 15) is 18.3 Å². The number of amides is 1. The number of benzene rings is 4. The number of fused-ring (bicyclic) bond motifs is 3. The van der Waals surface area contributed by atoms with Gasteiger partial charge in [0.25, 0.3) is 15.9 Å². The lowest BCUT2D eigenvalue weighted by Gasteiger charge is -2.32. The van der Waals surface area contributed by atoms with Gasteiger partial charge in [-0.15, -0.1) is 0 Å². The normalized spacial score (nSPS) is 14.7.